The number of methoxy groups -OCH3 is 1. The number of nitrogens with one attached hydrogen (secondary N) is 1. The SMILES string of the molecule is COc1ccc2c(c1)cc(C(=O)NCc1cn3c(n1)SCC3)n2C. The molecule has 0 bridgehead atoms. The molecule has 3 heterocycles. The third kappa shape index (κ3) is 2.54. The Morgan fingerprint density at radius 3 is 3.08 bits per heavy atom. The van der Waals surface area contributed by atoms with E-state index < -0.39 is 0 Å². The van der Waals surface area contributed by atoms with Gasteiger partial charge in [-0.3, -0.25) is 4.79 Å². The third-order valence-electron chi connectivity index (χ3n) is 4.27. The number of thioether (sulfide) groups is 1. The molecule has 1 aliphatic rings. The van der Waals surface area contributed by atoms with Gasteiger partial charge in [-0.1, -0.05) is 11.8 Å². The van der Waals surface area contributed by atoms with Crippen molar-refractivity contribution in [2.45, 2.75) is 18.2 Å². The van der Waals surface area contributed by atoms with Gasteiger partial charge in [-0.15, -0.1) is 0 Å². The molecule has 0 atom stereocenters. The second-order valence-corrected chi connectivity index (χ2v) is 6.81. The van der Waals surface area contributed by atoms with Crippen molar-refractivity contribution in [3.63, 3.8) is 0 Å². The van der Waals surface area contributed by atoms with Crippen LogP contribution in [0.1, 0.15) is 16.2 Å². The molecule has 0 fully saturated rings. The highest BCUT2D eigenvalue weighted by Gasteiger charge is 2.17. The Balaban J connectivity index is 1.53. The first-order valence-electron chi connectivity index (χ1n) is 7.76. The minimum atomic E-state index is -0.103. The highest BCUT2D eigenvalue weighted by Crippen LogP contribution is 2.25. The second-order valence-electron chi connectivity index (χ2n) is 5.75. The van der Waals surface area contributed by atoms with E-state index in [0.29, 0.717) is 12.2 Å². The minimum Gasteiger partial charge on any atom is -0.497 e. The van der Waals surface area contributed by atoms with Gasteiger partial charge in [0, 0.05) is 36.4 Å². The molecule has 0 unspecified atom stereocenters. The van der Waals surface area contributed by atoms with Crippen LogP contribution in [0.15, 0.2) is 35.6 Å². The number of benzene rings is 1. The summed E-state index contributed by atoms with van der Waals surface area (Å²) in [4.78, 5) is 17.1. The minimum absolute atomic E-state index is 0.103. The van der Waals surface area contributed by atoms with Gasteiger partial charge in [0.05, 0.1) is 19.3 Å². The van der Waals surface area contributed by atoms with Gasteiger partial charge in [0.2, 0.25) is 0 Å². The number of carbonyl (C=O) groups is 1. The summed E-state index contributed by atoms with van der Waals surface area (Å²) in [6.45, 7) is 1.43. The van der Waals surface area contributed by atoms with Crippen LogP contribution in [-0.2, 0) is 20.1 Å². The highest BCUT2D eigenvalue weighted by molar-refractivity contribution is 7.99. The van der Waals surface area contributed by atoms with E-state index in [9.17, 15) is 4.79 Å². The number of rotatable bonds is 4. The summed E-state index contributed by atoms with van der Waals surface area (Å²) in [7, 11) is 3.53. The Morgan fingerprint density at radius 1 is 1.42 bits per heavy atom. The summed E-state index contributed by atoms with van der Waals surface area (Å²) in [6.07, 6.45) is 2.02. The van der Waals surface area contributed by atoms with E-state index in [4.69, 9.17) is 4.74 Å². The molecular weight excluding hydrogens is 324 g/mol. The molecule has 4 rings (SSSR count). The fourth-order valence-corrected chi connectivity index (χ4v) is 3.94. The normalized spacial score (nSPS) is 13.2. The van der Waals surface area contributed by atoms with Crippen LogP contribution in [0.4, 0.5) is 0 Å². The van der Waals surface area contributed by atoms with Crippen LogP contribution in [0.3, 0.4) is 0 Å². The zero-order valence-electron chi connectivity index (χ0n) is 13.6. The zero-order chi connectivity index (χ0) is 16.7. The number of fused-ring (bicyclic) bond motifs is 2. The molecule has 2 aromatic heterocycles. The van der Waals surface area contributed by atoms with Crippen molar-refractivity contribution in [1.29, 1.82) is 0 Å². The Hall–Kier alpha value is -2.41. The van der Waals surface area contributed by atoms with Crippen LogP contribution in [0.5, 0.6) is 5.75 Å². The van der Waals surface area contributed by atoms with E-state index in [0.717, 1.165) is 39.8 Å². The topological polar surface area (TPSA) is 61.1 Å². The van der Waals surface area contributed by atoms with Crippen molar-refractivity contribution in [2.24, 2.45) is 7.05 Å². The Kier molecular flexibility index (Phi) is 3.72. The van der Waals surface area contributed by atoms with E-state index in [2.05, 4.69) is 14.9 Å². The van der Waals surface area contributed by atoms with Crippen molar-refractivity contribution in [1.82, 2.24) is 19.4 Å². The first-order valence-corrected chi connectivity index (χ1v) is 8.75. The number of hydrogen-bond donors (Lipinski definition) is 1. The molecule has 1 aromatic carbocycles. The number of imidazole rings is 1. The van der Waals surface area contributed by atoms with Crippen LogP contribution in [-0.4, -0.2) is 32.9 Å². The monoisotopic (exact) mass is 342 g/mol. The van der Waals surface area contributed by atoms with Crippen molar-refractivity contribution >= 4 is 28.6 Å². The van der Waals surface area contributed by atoms with Gasteiger partial charge >= 0.3 is 0 Å². The number of aryl methyl sites for hydroxylation is 2. The molecule has 124 valence electrons. The molecule has 0 radical (unpaired) electrons. The first kappa shape index (κ1) is 15.1. The maximum Gasteiger partial charge on any atom is 0.268 e. The summed E-state index contributed by atoms with van der Waals surface area (Å²) in [5.41, 5.74) is 2.52. The average Bonchev–Trinajstić information content (AvgIpc) is 3.25. The van der Waals surface area contributed by atoms with E-state index in [-0.39, 0.29) is 5.91 Å². The zero-order valence-corrected chi connectivity index (χ0v) is 14.4. The summed E-state index contributed by atoms with van der Waals surface area (Å²) < 4.78 is 9.27. The molecule has 1 N–H and O–H groups in total. The van der Waals surface area contributed by atoms with Gasteiger partial charge < -0.3 is 19.2 Å². The Morgan fingerprint density at radius 2 is 2.29 bits per heavy atom. The summed E-state index contributed by atoms with van der Waals surface area (Å²) in [6, 6.07) is 7.68. The lowest BCUT2D eigenvalue weighted by molar-refractivity contribution is 0.0942. The van der Waals surface area contributed by atoms with Crippen molar-refractivity contribution in [3.8, 4) is 5.75 Å². The van der Waals surface area contributed by atoms with Crippen molar-refractivity contribution in [3.05, 3.63) is 41.9 Å². The molecule has 1 amide bonds. The van der Waals surface area contributed by atoms with Gasteiger partial charge in [-0.2, -0.15) is 0 Å². The molecule has 6 nitrogen and oxygen atoms in total. The molecule has 0 saturated carbocycles. The maximum absolute atomic E-state index is 12.5. The quantitative estimate of drug-likeness (QED) is 0.791. The first-order chi connectivity index (χ1) is 11.7. The Labute approximate surface area is 143 Å². The molecular formula is C17H18N4O2S. The van der Waals surface area contributed by atoms with Crippen LogP contribution < -0.4 is 10.1 Å². The summed E-state index contributed by atoms with van der Waals surface area (Å²) >= 11 is 1.75. The van der Waals surface area contributed by atoms with E-state index in [1.54, 1.807) is 18.9 Å². The molecule has 1 aliphatic heterocycles. The third-order valence-corrected chi connectivity index (χ3v) is 5.24. The van der Waals surface area contributed by atoms with Gasteiger partial charge in [0.15, 0.2) is 5.16 Å². The maximum atomic E-state index is 12.5. The molecule has 0 aliphatic carbocycles. The lowest BCUT2D eigenvalue weighted by Gasteiger charge is -2.05. The van der Waals surface area contributed by atoms with Crippen LogP contribution in [0.2, 0.25) is 0 Å². The van der Waals surface area contributed by atoms with E-state index in [1.165, 1.54) is 0 Å². The molecule has 0 saturated heterocycles. The van der Waals surface area contributed by atoms with Crippen LogP contribution in [0, 0.1) is 0 Å². The fraction of sp³-hybridized carbons (Fsp3) is 0.294. The predicted molar refractivity (Wildman–Crippen MR) is 93.6 cm³/mol. The largest absolute Gasteiger partial charge is 0.497 e. The van der Waals surface area contributed by atoms with Gasteiger partial charge in [-0.05, 0) is 24.3 Å². The number of aromatic nitrogens is 3. The standard InChI is InChI=1S/C17H18N4O2S/c1-20-14-4-3-13(23-2)7-11(14)8-15(20)16(22)18-9-12-10-21-5-6-24-17(21)19-12/h3-4,7-8,10H,5-6,9H2,1-2H3,(H,18,22). The summed E-state index contributed by atoms with van der Waals surface area (Å²) in [5, 5.41) is 4.98. The molecule has 7 heteroatoms. The van der Waals surface area contributed by atoms with Gasteiger partial charge in [-0.25, -0.2) is 4.98 Å². The smallest absolute Gasteiger partial charge is 0.268 e. The van der Waals surface area contributed by atoms with Crippen molar-refractivity contribution in [2.75, 3.05) is 12.9 Å². The average molecular weight is 342 g/mol. The summed E-state index contributed by atoms with van der Waals surface area (Å²) in [5.74, 6) is 1.76. The number of amides is 1. The number of ether oxygens (including phenoxy) is 1. The second kappa shape index (κ2) is 5.90. The molecule has 0 spiro atoms. The van der Waals surface area contributed by atoms with Gasteiger partial charge in [0.25, 0.3) is 5.91 Å². The predicted octanol–water partition coefficient (Wildman–Crippen LogP) is 2.42. The highest BCUT2D eigenvalue weighted by atomic mass is 32.2. The van der Waals surface area contributed by atoms with Crippen molar-refractivity contribution < 1.29 is 9.53 Å². The fourth-order valence-electron chi connectivity index (χ4n) is 2.98. The Bertz CT molecular complexity index is 907. The lowest BCUT2D eigenvalue weighted by atomic mass is 10.2. The molecule has 3 aromatic rings. The van der Waals surface area contributed by atoms with E-state index in [1.807, 2.05) is 42.1 Å². The van der Waals surface area contributed by atoms with Crippen LogP contribution in [0.25, 0.3) is 10.9 Å². The van der Waals surface area contributed by atoms with Crippen LogP contribution >= 0.6 is 11.8 Å². The lowest BCUT2D eigenvalue weighted by Crippen LogP contribution is -2.25. The van der Waals surface area contributed by atoms with E-state index >= 15 is 0 Å². The number of hydrogen-bond acceptors (Lipinski definition) is 4. The number of nitrogens with zero attached hydrogens (tertiary/aromatic N) is 3. The number of carbonyl (C=O) groups excluding carboxylic acids is 1. The molecule has 24 heavy (non-hydrogen) atoms. The van der Waals surface area contributed by atoms with Gasteiger partial charge in [0.1, 0.15) is 11.4 Å².